The molecule has 5 nitrogen and oxygen atoms in total. The smallest absolute Gasteiger partial charge is 0.265 e. The number of benzene rings is 2. The van der Waals surface area contributed by atoms with E-state index >= 15 is 0 Å². The normalized spacial score (nSPS) is 11.7. The second-order valence-corrected chi connectivity index (χ2v) is 9.58. The van der Waals surface area contributed by atoms with Crippen LogP contribution in [0.5, 0.6) is 0 Å². The van der Waals surface area contributed by atoms with Crippen LogP contribution >= 0.6 is 11.3 Å². The summed E-state index contributed by atoms with van der Waals surface area (Å²) in [5, 5.41) is 6.48. The Hall–Kier alpha value is -2.90. The molecule has 0 spiro atoms. The molecule has 0 saturated carbocycles. The second kappa shape index (κ2) is 7.85. The zero-order valence-electron chi connectivity index (χ0n) is 16.1. The van der Waals surface area contributed by atoms with Crippen LogP contribution in [0.3, 0.4) is 0 Å². The monoisotopic (exact) mass is 423 g/mol. The molecule has 2 heterocycles. The molecule has 0 radical (unpaired) electrons. The molecule has 148 valence electrons. The number of rotatable bonds is 6. The molecule has 0 bridgehead atoms. The van der Waals surface area contributed by atoms with Crippen LogP contribution in [0.25, 0.3) is 16.3 Å². The van der Waals surface area contributed by atoms with Gasteiger partial charge in [0.1, 0.15) is 10.6 Å². The molecule has 0 saturated heterocycles. The maximum Gasteiger partial charge on any atom is 0.265 e. The van der Waals surface area contributed by atoms with E-state index in [9.17, 15) is 8.42 Å². The Morgan fingerprint density at radius 3 is 2.31 bits per heavy atom. The average molecular weight is 424 g/mol. The van der Waals surface area contributed by atoms with Gasteiger partial charge >= 0.3 is 0 Å². The first-order chi connectivity index (χ1) is 13.9. The van der Waals surface area contributed by atoms with Crippen molar-refractivity contribution in [2.45, 2.75) is 24.7 Å². The van der Waals surface area contributed by atoms with Gasteiger partial charge in [0, 0.05) is 5.69 Å². The summed E-state index contributed by atoms with van der Waals surface area (Å²) in [6.07, 6.45) is 1.56. The van der Waals surface area contributed by atoms with Gasteiger partial charge in [-0.25, -0.2) is 13.1 Å². The van der Waals surface area contributed by atoms with Crippen LogP contribution in [-0.4, -0.2) is 18.2 Å². The van der Waals surface area contributed by atoms with Gasteiger partial charge in [0.15, 0.2) is 0 Å². The van der Waals surface area contributed by atoms with Gasteiger partial charge < -0.3 is 0 Å². The lowest BCUT2D eigenvalue weighted by molar-refractivity contribution is 0.601. The van der Waals surface area contributed by atoms with E-state index < -0.39 is 10.0 Å². The van der Waals surface area contributed by atoms with E-state index in [0.717, 1.165) is 16.1 Å². The first-order valence-corrected chi connectivity index (χ1v) is 11.6. The topological polar surface area (TPSA) is 64.0 Å². The number of nitrogens with zero attached hydrogens (tertiary/aromatic N) is 2. The van der Waals surface area contributed by atoms with Crippen LogP contribution in [0.1, 0.15) is 25.3 Å². The third-order valence-corrected chi connectivity index (χ3v) is 6.83. The molecule has 0 amide bonds. The van der Waals surface area contributed by atoms with Gasteiger partial charge in [-0.1, -0.05) is 50.2 Å². The van der Waals surface area contributed by atoms with Crippen LogP contribution in [0, 0.1) is 0 Å². The number of anilines is 1. The van der Waals surface area contributed by atoms with Crippen molar-refractivity contribution in [3.63, 3.8) is 0 Å². The standard InChI is InChI=1S/C22H21N3O2S2/c1-16(2)17-10-12-18(13-11-17)24-29(26,27)21-15-25(19-7-4-3-5-8-19)23-22(21)20-9-6-14-28-20/h3-16,24H,1-2H3. The zero-order valence-corrected chi connectivity index (χ0v) is 17.7. The number of hydrogen-bond donors (Lipinski definition) is 1. The zero-order chi connectivity index (χ0) is 20.4. The average Bonchev–Trinajstić information content (AvgIpc) is 3.39. The van der Waals surface area contributed by atoms with Gasteiger partial charge in [0.05, 0.1) is 16.8 Å². The summed E-state index contributed by atoms with van der Waals surface area (Å²) in [6, 6.07) is 20.7. The molecule has 2 aromatic carbocycles. The number of sulfonamides is 1. The van der Waals surface area contributed by atoms with E-state index in [1.165, 1.54) is 11.3 Å². The third-order valence-electron chi connectivity index (χ3n) is 4.58. The Kier molecular flexibility index (Phi) is 5.25. The van der Waals surface area contributed by atoms with Gasteiger partial charge in [-0.2, -0.15) is 5.10 Å². The first kappa shape index (κ1) is 19.4. The quantitative estimate of drug-likeness (QED) is 0.444. The molecule has 0 unspecified atom stereocenters. The predicted molar refractivity (Wildman–Crippen MR) is 118 cm³/mol. The molecule has 0 atom stereocenters. The highest BCUT2D eigenvalue weighted by Crippen LogP contribution is 2.32. The number of nitrogens with one attached hydrogen (secondary N) is 1. The molecular formula is C22H21N3O2S2. The largest absolute Gasteiger partial charge is 0.280 e. The van der Waals surface area contributed by atoms with Crippen molar-refractivity contribution in [3.8, 4) is 16.3 Å². The Balaban J connectivity index is 1.75. The molecule has 0 aliphatic heterocycles. The van der Waals surface area contributed by atoms with Gasteiger partial charge in [-0.15, -0.1) is 11.3 Å². The van der Waals surface area contributed by atoms with E-state index in [1.54, 1.807) is 23.0 Å². The molecule has 2 aromatic heterocycles. The molecule has 0 fully saturated rings. The maximum absolute atomic E-state index is 13.2. The number of aromatic nitrogens is 2. The van der Waals surface area contributed by atoms with Crippen molar-refractivity contribution in [3.05, 3.63) is 83.9 Å². The highest BCUT2D eigenvalue weighted by atomic mass is 32.2. The minimum absolute atomic E-state index is 0.150. The highest BCUT2D eigenvalue weighted by Gasteiger charge is 2.25. The summed E-state index contributed by atoms with van der Waals surface area (Å²) in [7, 11) is -3.82. The minimum Gasteiger partial charge on any atom is -0.280 e. The fourth-order valence-electron chi connectivity index (χ4n) is 3.00. The lowest BCUT2D eigenvalue weighted by Crippen LogP contribution is -2.13. The van der Waals surface area contributed by atoms with Gasteiger partial charge in [0.2, 0.25) is 0 Å². The van der Waals surface area contributed by atoms with Crippen molar-refractivity contribution in [2.75, 3.05) is 4.72 Å². The fraction of sp³-hybridized carbons (Fsp3) is 0.136. The predicted octanol–water partition coefficient (Wildman–Crippen LogP) is 5.53. The SMILES string of the molecule is CC(C)c1ccc(NS(=O)(=O)c2cn(-c3ccccc3)nc2-c2cccs2)cc1. The van der Waals surface area contributed by atoms with Gasteiger partial charge in [-0.05, 0) is 47.2 Å². The summed E-state index contributed by atoms with van der Waals surface area (Å²) < 4.78 is 30.7. The third kappa shape index (κ3) is 4.11. The summed E-state index contributed by atoms with van der Waals surface area (Å²) >= 11 is 1.46. The molecule has 0 aliphatic carbocycles. The van der Waals surface area contributed by atoms with Crippen LogP contribution in [-0.2, 0) is 10.0 Å². The highest BCUT2D eigenvalue weighted by molar-refractivity contribution is 7.92. The molecule has 4 rings (SSSR count). The van der Waals surface area contributed by atoms with Crippen LogP contribution in [0.2, 0.25) is 0 Å². The summed E-state index contributed by atoms with van der Waals surface area (Å²) in [5.41, 5.74) is 2.92. The van der Waals surface area contributed by atoms with E-state index in [2.05, 4.69) is 23.7 Å². The van der Waals surface area contributed by atoms with Crippen molar-refractivity contribution >= 4 is 27.0 Å². The Morgan fingerprint density at radius 1 is 0.966 bits per heavy atom. The van der Waals surface area contributed by atoms with Crippen molar-refractivity contribution < 1.29 is 8.42 Å². The van der Waals surface area contributed by atoms with Crippen LogP contribution in [0.4, 0.5) is 5.69 Å². The van der Waals surface area contributed by atoms with Gasteiger partial charge in [0.25, 0.3) is 10.0 Å². The molecule has 0 aliphatic rings. The molecule has 1 N–H and O–H groups in total. The molecule has 7 heteroatoms. The van der Waals surface area contributed by atoms with E-state index in [4.69, 9.17) is 0 Å². The number of para-hydroxylation sites is 1. The number of thiophene rings is 1. The van der Waals surface area contributed by atoms with Crippen molar-refractivity contribution in [1.29, 1.82) is 0 Å². The molecule has 29 heavy (non-hydrogen) atoms. The number of hydrogen-bond acceptors (Lipinski definition) is 4. The molecule has 4 aromatic rings. The van der Waals surface area contributed by atoms with E-state index in [0.29, 0.717) is 17.3 Å². The Morgan fingerprint density at radius 2 is 1.69 bits per heavy atom. The first-order valence-electron chi connectivity index (χ1n) is 9.26. The van der Waals surface area contributed by atoms with Crippen molar-refractivity contribution in [1.82, 2.24) is 9.78 Å². The second-order valence-electron chi connectivity index (χ2n) is 6.98. The Labute approximate surface area is 174 Å². The molecular weight excluding hydrogens is 402 g/mol. The summed E-state index contributed by atoms with van der Waals surface area (Å²) in [4.78, 5) is 0.951. The van der Waals surface area contributed by atoms with Crippen LogP contribution < -0.4 is 4.72 Å². The lowest BCUT2D eigenvalue weighted by Gasteiger charge is -2.10. The van der Waals surface area contributed by atoms with Gasteiger partial charge in [-0.3, -0.25) is 4.72 Å². The Bertz CT molecular complexity index is 1190. The summed E-state index contributed by atoms with van der Waals surface area (Å²) in [5.74, 6) is 0.384. The lowest BCUT2D eigenvalue weighted by atomic mass is 10.0. The minimum atomic E-state index is -3.82. The van der Waals surface area contributed by atoms with Crippen LogP contribution in [0.15, 0.2) is 83.2 Å². The fourth-order valence-corrected chi connectivity index (χ4v) is 4.99. The summed E-state index contributed by atoms with van der Waals surface area (Å²) in [6.45, 7) is 4.20. The van der Waals surface area contributed by atoms with E-state index in [-0.39, 0.29) is 4.90 Å². The van der Waals surface area contributed by atoms with Crippen molar-refractivity contribution in [2.24, 2.45) is 0 Å². The van der Waals surface area contributed by atoms with E-state index in [1.807, 2.05) is 60.0 Å². The maximum atomic E-state index is 13.2.